The van der Waals surface area contributed by atoms with E-state index in [0.717, 1.165) is 40.1 Å². The largest absolute Gasteiger partial charge is 0.416 e. The average Bonchev–Trinajstić information content (AvgIpc) is 2.92. The lowest BCUT2D eigenvalue weighted by Gasteiger charge is -2.25. The van der Waals surface area contributed by atoms with Crippen LogP contribution in [0.15, 0.2) is 46.9 Å². The third-order valence-corrected chi connectivity index (χ3v) is 4.95. The first-order chi connectivity index (χ1) is 11.4. The van der Waals surface area contributed by atoms with Gasteiger partial charge in [-0.25, -0.2) is 0 Å². The number of benzene rings is 2. The minimum Gasteiger partial charge on any atom is -0.357 e. The Bertz CT molecular complexity index is 914. The van der Waals surface area contributed by atoms with E-state index >= 15 is 0 Å². The summed E-state index contributed by atoms with van der Waals surface area (Å²) in [6.45, 7) is 0.730. The van der Waals surface area contributed by atoms with Crippen molar-refractivity contribution in [2.24, 2.45) is 0 Å². The predicted molar refractivity (Wildman–Crippen MR) is 91.0 cm³/mol. The maximum absolute atomic E-state index is 13.0. The van der Waals surface area contributed by atoms with E-state index in [-0.39, 0.29) is 6.04 Å². The van der Waals surface area contributed by atoms with Crippen molar-refractivity contribution < 1.29 is 13.2 Å². The Balaban J connectivity index is 1.84. The Hall–Kier alpha value is -1.79. The molecule has 2 N–H and O–H groups in total. The predicted octanol–water partition coefficient (Wildman–Crippen LogP) is 5.18. The van der Waals surface area contributed by atoms with Gasteiger partial charge in [0, 0.05) is 27.6 Å². The molecule has 3 aromatic rings. The maximum atomic E-state index is 13.0. The van der Waals surface area contributed by atoms with E-state index in [4.69, 9.17) is 0 Å². The quantitative estimate of drug-likeness (QED) is 0.584. The van der Waals surface area contributed by atoms with E-state index in [1.807, 2.05) is 12.1 Å². The van der Waals surface area contributed by atoms with Crippen molar-refractivity contribution in [2.45, 2.75) is 18.6 Å². The van der Waals surface area contributed by atoms with Crippen LogP contribution < -0.4 is 5.32 Å². The van der Waals surface area contributed by atoms with Crippen LogP contribution in [0, 0.1) is 0 Å². The molecule has 0 aliphatic carbocycles. The van der Waals surface area contributed by atoms with Gasteiger partial charge in [0.15, 0.2) is 0 Å². The summed E-state index contributed by atoms with van der Waals surface area (Å²) in [4.78, 5) is 3.39. The van der Waals surface area contributed by atoms with Gasteiger partial charge < -0.3 is 10.3 Å². The molecule has 1 aliphatic rings. The Labute approximate surface area is 145 Å². The zero-order valence-electron chi connectivity index (χ0n) is 12.5. The first-order valence-electron chi connectivity index (χ1n) is 7.64. The van der Waals surface area contributed by atoms with Crippen LogP contribution in [-0.2, 0) is 12.6 Å². The van der Waals surface area contributed by atoms with E-state index in [0.29, 0.717) is 5.56 Å². The Morgan fingerprint density at radius 3 is 2.71 bits per heavy atom. The third kappa shape index (κ3) is 2.63. The highest BCUT2D eigenvalue weighted by Crippen LogP contribution is 2.36. The molecule has 4 rings (SSSR count). The van der Waals surface area contributed by atoms with E-state index in [9.17, 15) is 13.2 Å². The number of aromatic nitrogens is 1. The molecule has 1 unspecified atom stereocenters. The van der Waals surface area contributed by atoms with E-state index in [1.54, 1.807) is 6.07 Å². The molecule has 0 fully saturated rings. The minimum atomic E-state index is -4.33. The van der Waals surface area contributed by atoms with E-state index in [2.05, 4.69) is 32.3 Å². The summed E-state index contributed by atoms with van der Waals surface area (Å²) in [5, 5.41) is 4.46. The first kappa shape index (κ1) is 15.7. The highest BCUT2D eigenvalue weighted by molar-refractivity contribution is 9.10. The van der Waals surface area contributed by atoms with Gasteiger partial charge in [-0.1, -0.05) is 28.1 Å². The highest BCUT2D eigenvalue weighted by atomic mass is 79.9. The molecule has 124 valence electrons. The van der Waals surface area contributed by atoms with Gasteiger partial charge in [-0.05, 0) is 47.9 Å². The van der Waals surface area contributed by atoms with E-state index in [1.165, 1.54) is 17.7 Å². The van der Waals surface area contributed by atoms with Gasteiger partial charge in [-0.15, -0.1) is 0 Å². The molecule has 2 nitrogen and oxygen atoms in total. The highest BCUT2D eigenvalue weighted by Gasteiger charge is 2.32. The van der Waals surface area contributed by atoms with Crippen LogP contribution in [0.3, 0.4) is 0 Å². The standard InChI is InChI=1S/C18H14BrF3N2/c19-12-4-5-15-14(9-12)13-6-7-23-16(17(13)24-15)10-2-1-3-11(8-10)18(20,21)22/h1-5,8-9,16,23-24H,6-7H2. The fraction of sp³-hybridized carbons (Fsp3) is 0.222. The number of halogens is 4. The lowest BCUT2D eigenvalue weighted by Crippen LogP contribution is -2.30. The third-order valence-electron chi connectivity index (χ3n) is 4.46. The fourth-order valence-electron chi connectivity index (χ4n) is 3.38. The Morgan fingerprint density at radius 1 is 1.08 bits per heavy atom. The Morgan fingerprint density at radius 2 is 1.92 bits per heavy atom. The van der Waals surface area contributed by atoms with E-state index < -0.39 is 11.7 Å². The van der Waals surface area contributed by atoms with Crippen LogP contribution in [0.5, 0.6) is 0 Å². The molecule has 0 saturated heterocycles. The maximum Gasteiger partial charge on any atom is 0.416 e. The van der Waals surface area contributed by atoms with Gasteiger partial charge in [0.05, 0.1) is 11.6 Å². The second-order valence-corrected chi connectivity index (χ2v) is 6.88. The molecule has 1 aromatic heterocycles. The molecule has 1 aliphatic heterocycles. The van der Waals surface area contributed by atoms with Crippen LogP contribution in [0.25, 0.3) is 10.9 Å². The molecule has 0 amide bonds. The van der Waals surface area contributed by atoms with Crippen LogP contribution in [0.4, 0.5) is 13.2 Å². The molecule has 2 aromatic carbocycles. The molecule has 1 atom stereocenters. The smallest absolute Gasteiger partial charge is 0.357 e. The number of nitrogens with one attached hydrogen (secondary N) is 2. The summed E-state index contributed by atoms with van der Waals surface area (Å²) in [5.74, 6) is 0. The van der Waals surface area contributed by atoms with Crippen molar-refractivity contribution in [3.63, 3.8) is 0 Å². The van der Waals surface area contributed by atoms with Crippen LogP contribution in [-0.4, -0.2) is 11.5 Å². The number of hydrogen-bond acceptors (Lipinski definition) is 1. The number of H-pyrrole nitrogens is 1. The second kappa shape index (κ2) is 5.63. The summed E-state index contributed by atoms with van der Waals surface area (Å²) >= 11 is 3.48. The molecule has 0 bridgehead atoms. The lowest BCUT2D eigenvalue weighted by atomic mass is 9.93. The van der Waals surface area contributed by atoms with Gasteiger partial charge in [0.2, 0.25) is 0 Å². The average molecular weight is 395 g/mol. The van der Waals surface area contributed by atoms with Gasteiger partial charge in [0.25, 0.3) is 0 Å². The van der Waals surface area contributed by atoms with Gasteiger partial charge >= 0.3 is 6.18 Å². The first-order valence-corrected chi connectivity index (χ1v) is 8.43. The van der Waals surface area contributed by atoms with Crippen molar-refractivity contribution >= 4 is 26.8 Å². The number of alkyl halides is 3. The van der Waals surface area contributed by atoms with Crippen molar-refractivity contribution in [1.82, 2.24) is 10.3 Å². The number of aromatic amines is 1. The number of rotatable bonds is 1. The zero-order chi connectivity index (χ0) is 16.9. The second-order valence-electron chi connectivity index (χ2n) is 5.97. The summed E-state index contributed by atoms with van der Waals surface area (Å²) < 4.78 is 40.0. The fourth-order valence-corrected chi connectivity index (χ4v) is 3.74. The summed E-state index contributed by atoms with van der Waals surface area (Å²) in [6, 6.07) is 11.3. The number of fused-ring (bicyclic) bond motifs is 3. The molecule has 6 heteroatoms. The van der Waals surface area contributed by atoms with Crippen LogP contribution >= 0.6 is 15.9 Å². The molecule has 24 heavy (non-hydrogen) atoms. The summed E-state index contributed by atoms with van der Waals surface area (Å²) in [6.07, 6.45) is -3.49. The van der Waals surface area contributed by atoms with Crippen molar-refractivity contribution in [2.75, 3.05) is 6.54 Å². The lowest BCUT2D eigenvalue weighted by molar-refractivity contribution is -0.137. The van der Waals surface area contributed by atoms with Gasteiger partial charge in [-0.3, -0.25) is 0 Å². The summed E-state index contributed by atoms with van der Waals surface area (Å²) in [5.41, 5.74) is 3.13. The minimum absolute atomic E-state index is 0.262. The monoisotopic (exact) mass is 394 g/mol. The number of hydrogen-bond donors (Lipinski definition) is 2. The molecule has 0 spiro atoms. The summed E-state index contributed by atoms with van der Waals surface area (Å²) in [7, 11) is 0. The van der Waals surface area contributed by atoms with Crippen molar-refractivity contribution in [3.8, 4) is 0 Å². The van der Waals surface area contributed by atoms with Crippen molar-refractivity contribution in [1.29, 1.82) is 0 Å². The molecule has 2 heterocycles. The van der Waals surface area contributed by atoms with Gasteiger partial charge in [-0.2, -0.15) is 13.2 Å². The molecule has 0 radical (unpaired) electrons. The zero-order valence-corrected chi connectivity index (χ0v) is 14.1. The molecular weight excluding hydrogens is 381 g/mol. The van der Waals surface area contributed by atoms with Gasteiger partial charge in [0.1, 0.15) is 0 Å². The van der Waals surface area contributed by atoms with Crippen molar-refractivity contribution in [3.05, 3.63) is 69.3 Å². The normalized spacial score (nSPS) is 17.9. The topological polar surface area (TPSA) is 27.8 Å². The SMILES string of the molecule is FC(F)(F)c1cccc(C2NCCc3c2[nH]c2ccc(Br)cc32)c1. The van der Waals surface area contributed by atoms with Crippen LogP contribution in [0.1, 0.15) is 28.4 Å². The Kier molecular flexibility index (Phi) is 3.69. The molecular formula is C18H14BrF3N2. The molecule has 0 saturated carbocycles. The van der Waals surface area contributed by atoms with Crippen LogP contribution in [0.2, 0.25) is 0 Å².